The average molecular weight is 237 g/mol. The zero-order valence-corrected chi connectivity index (χ0v) is 9.98. The number of hydrogen-bond donors (Lipinski definition) is 2. The van der Waals surface area contributed by atoms with Gasteiger partial charge in [-0.3, -0.25) is 4.79 Å². The first-order valence-corrected chi connectivity index (χ1v) is 5.07. The van der Waals surface area contributed by atoms with Crippen molar-refractivity contribution in [3.05, 3.63) is 29.8 Å². The molecule has 1 amide bonds. The fourth-order valence-electron chi connectivity index (χ4n) is 1.53. The molecule has 17 heavy (non-hydrogen) atoms. The molecule has 0 saturated heterocycles. The highest BCUT2D eigenvalue weighted by Crippen LogP contribution is 2.23. The van der Waals surface area contributed by atoms with Crippen molar-refractivity contribution in [3.8, 4) is 5.75 Å². The number of amides is 1. The summed E-state index contributed by atoms with van der Waals surface area (Å²) < 4.78 is 4.99. The summed E-state index contributed by atoms with van der Waals surface area (Å²) in [5, 5.41) is 11.6. The molecule has 1 aromatic rings. The van der Waals surface area contributed by atoms with Crippen LogP contribution in [0.5, 0.6) is 5.75 Å². The second-order valence-electron chi connectivity index (χ2n) is 3.84. The molecule has 0 aliphatic heterocycles. The molecule has 1 rings (SSSR count). The summed E-state index contributed by atoms with van der Waals surface area (Å²) in [4.78, 5) is 22.3. The highest BCUT2D eigenvalue weighted by atomic mass is 16.5. The van der Waals surface area contributed by atoms with Crippen molar-refractivity contribution >= 4 is 11.9 Å². The molecule has 0 bridgehead atoms. The third-order valence-corrected chi connectivity index (χ3v) is 2.52. The van der Waals surface area contributed by atoms with Crippen LogP contribution in [0.15, 0.2) is 24.3 Å². The summed E-state index contributed by atoms with van der Waals surface area (Å²) in [6, 6.07) is 6.53. The van der Waals surface area contributed by atoms with E-state index in [9.17, 15) is 14.7 Å². The molecule has 5 heteroatoms. The van der Waals surface area contributed by atoms with Crippen molar-refractivity contribution < 1.29 is 19.4 Å². The Bertz CT molecular complexity index is 427. The predicted molar refractivity (Wildman–Crippen MR) is 61.8 cm³/mol. The highest BCUT2D eigenvalue weighted by Gasteiger charge is 2.35. The summed E-state index contributed by atoms with van der Waals surface area (Å²) in [7, 11) is 1.53. The van der Waals surface area contributed by atoms with Crippen LogP contribution in [0.25, 0.3) is 0 Å². The van der Waals surface area contributed by atoms with Gasteiger partial charge in [0, 0.05) is 6.92 Å². The number of aliphatic carboxylic acids is 1. The van der Waals surface area contributed by atoms with E-state index in [2.05, 4.69) is 5.32 Å². The average Bonchev–Trinajstić information content (AvgIpc) is 2.28. The number of carboxylic acids is 1. The second-order valence-corrected chi connectivity index (χ2v) is 3.84. The van der Waals surface area contributed by atoms with Gasteiger partial charge in [-0.05, 0) is 24.6 Å². The number of hydrogen-bond acceptors (Lipinski definition) is 3. The van der Waals surface area contributed by atoms with E-state index in [1.165, 1.54) is 21.0 Å². The zero-order valence-electron chi connectivity index (χ0n) is 9.98. The van der Waals surface area contributed by atoms with Gasteiger partial charge in [-0.15, -0.1) is 0 Å². The van der Waals surface area contributed by atoms with Gasteiger partial charge in [0.05, 0.1) is 7.11 Å². The SMILES string of the molecule is COc1ccc(C(C)(NC(C)=O)C(=O)O)cc1. The van der Waals surface area contributed by atoms with E-state index in [1.807, 2.05) is 0 Å². The first kappa shape index (κ1) is 13.0. The lowest BCUT2D eigenvalue weighted by atomic mass is 9.92. The van der Waals surface area contributed by atoms with E-state index >= 15 is 0 Å². The van der Waals surface area contributed by atoms with Crippen LogP contribution in [-0.2, 0) is 15.1 Å². The Morgan fingerprint density at radius 2 is 1.82 bits per heavy atom. The minimum Gasteiger partial charge on any atom is -0.497 e. The maximum Gasteiger partial charge on any atom is 0.333 e. The minimum absolute atomic E-state index is 0.397. The standard InChI is InChI=1S/C12H15NO4/c1-8(14)13-12(2,11(15)16)9-4-6-10(17-3)7-5-9/h4-7H,1-3H3,(H,13,14)(H,15,16). The summed E-state index contributed by atoms with van der Waals surface area (Å²) in [5.74, 6) is -0.882. The molecule has 0 fully saturated rings. The predicted octanol–water partition coefficient (Wildman–Crippen LogP) is 1.13. The smallest absolute Gasteiger partial charge is 0.333 e. The summed E-state index contributed by atoms with van der Waals surface area (Å²) >= 11 is 0. The normalized spacial score (nSPS) is 13.6. The molecule has 1 aromatic carbocycles. The van der Waals surface area contributed by atoms with Gasteiger partial charge in [-0.1, -0.05) is 12.1 Å². The van der Waals surface area contributed by atoms with Gasteiger partial charge in [0.2, 0.25) is 5.91 Å². The lowest BCUT2D eigenvalue weighted by molar-refractivity contribution is -0.147. The minimum atomic E-state index is -1.43. The quantitative estimate of drug-likeness (QED) is 0.823. The third kappa shape index (κ3) is 2.75. The van der Waals surface area contributed by atoms with Gasteiger partial charge in [-0.25, -0.2) is 4.79 Å². The van der Waals surface area contributed by atoms with Gasteiger partial charge in [0.15, 0.2) is 5.54 Å². The maximum absolute atomic E-state index is 11.3. The van der Waals surface area contributed by atoms with Crippen LogP contribution in [-0.4, -0.2) is 24.1 Å². The van der Waals surface area contributed by atoms with E-state index in [0.717, 1.165) is 0 Å². The molecule has 0 saturated carbocycles. The lowest BCUT2D eigenvalue weighted by Gasteiger charge is -2.26. The molecule has 0 aromatic heterocycles. The van der Waals surface area contributed by atoms with Crippen LogP contribution in [0.4, 0.5) is 0 Å². The van der Waals surface area contributed by atoms with Crippen LogP contribution < -0.4 is 10.1 Å². The van der Waals surface area contributed by atoms with Crippen molar-refractivity contribution in [3.63, 3.8) is 0 Å². The lowest BCUT2D eigenvalue weighted by Crippen LogP contribution is -2.48. The monoisotopic (exact) mass is 237 g/mol. The topological polar surface area (TPSA) is 75.6 Å². The van der Waals surface area contributed by atoms with E-state index < -0.39 is 17.4 Å². The fourth-order valence-corrected chi connectivity index (χ4v) is 1.53. The Kier molecular flexibility index (Phi) is 3.73. The van der Waals surface area contributed by atoms with Crippen LogP contribution >= 0.6 is 0 Å². The molecule has 0 aliphatic rings. The van der Waals surface area contributed by atoms with Gasteiger partial charge in [0.25, 0.3) is 0 Å². The van der Waals surface area contributed by atoms with Crippen molar-refractivity contribution in [1.82, 2.24) is 5.32 Å². The van der Waals surface area contributed by atoms with Gasteiger partial charge >= 0.3 is 5.97 Å². The van der Waals surface area contributed by atoms with E-state index in [4.69, 9.17) is 4.74 Å². The molecule has 1 unspecified atom stereocenters. The molecule has 0 aliphatic carbocycles. The molecule has 2 N–H and O–H groups in total. The van der Waals surface area contributed by atoms with Crippen LogP contribution in [0, 0.1) is 0 Å². The molecular formula is C12H15NO4. The van der Waals surface area contributed by atoms with Gasteiger partial charge in [0.1, 0.15) is 5.75 Å². The van der Waals surface area contributed by atoms with Gasteiger partial charge < -0.3 is 15.2 Å². The molecular weight excluding hydrogens is 222 g/mol. The Balaban J connectivity index is 3.13. The number of carboxylic acid groups (broad SMARTS) is 1. The summed E-state index contributed by atoms with van der Waals surface area (Å²) in [6.07, 6.45) is 0. The Hall–Kier alpha value is -2.04. The number of rotatable bonds is 4. The highest BCUT2D eigenvalue weighted by molar-refractivity contribution is 5.86. The Morgan fingerprint density at radius 1 is 1.29 bits per heavy atom. The van der Waals surface area contributed by atoms with Crippen LogP contribution in [0.2, 0.25) is 0 Å². The van der Waals surface area contributed by atoms with Crippen LogP contribution in [0.1, 0.15) is 19.4 Å². The van der Waals surface area contributed by atoms with Gasteiger partial charge in [-0.2, -0.15) is 0 Å². The number of carbonyl (C=O) groups is 2. The Labute approximate surface area is 99.4 Å². The number of nitrogens with one attached hydrogen (secondary N) is 1. The molecule has 1 atom stereocenters. The van der Waals surface area contributed by atoms with Crippen molar-refractivity contribution in [2.75, 3.05) is 7.11 Å². The largest absolute Gasteiger partial charge is 0.497 e. The number of carbonyl (C=O) groups excluding carboxylic acids is 1. The number of benzene rings is 1. The maximum atomic E-state index is 11.3. The fraction of sp³-hybridized carbons (Fsp3) is 0.333. The molecule has 0 spiro atoms. The van der Waals surface area contributed by atoms with Crippen LogP contribution in [0.3, 0.4) is 0 Å². The van der Waals surface area contributed by atoms with E-state index in [1.54, 1.807) is 24.3 Å². The molecule has 0 heterocycles. The van der Waals surface area contributed by atoms with E-state index in [-0.39, 0.29) is 0 Å². The molecule has 0 radical (unpaired) electrons. The first-order chi connectivity index (χ1) is 7.90. The third-order valence-electron chi connectivity index (χ3n) is 2.52. The van der Waals surface area contributed by atoms with Crippen molar-refractivity contribution in [2.45, 2.75) is 19.4 Å². The first-order valence-electron chi connectivity index (χ1n) is 5.07. The number of methoxy groups -OCH3 is 1. The van der Waals surface area contributed by atoms with E-state index in [0.29, 0.717) is 11.3 Å². The number of ether oxygens (including phenoxy) is 1. The van der Waals surface area contributed by atoms with Crippen molar-refractivity contribution in [2.24, 2.45) is 0 Å². The van der Waals surface area contributed by atoms with Crippen molar-refractivity contribution in [1.29, 1.82) is 0 Å². The molecule has 92 valence electrons. The summed E-state index contributed by atoms with van der Waals surface area (Å²) in [5.41, 5.74) is -0.945. The molecule has 5 nitrogen and oxygen atoms in total. The zero-order chi connectivity index (χ0) is 13.1. The second kappa shape index (κ2) is 4.86. The Morgan fingerprint density at radius 3 is 2.18 bits per heavy atom. The summed E-state index contributed by atoms with van der Waals surface area (Å²) in [6.45, 7) is 2.73.